The molecule has 1 aromatic heterocycles. The van der Waals surface area contributed by atoms with E-state index in [0.717, 1.165) is 56.3 Å². The molecule has 4 nitrogen and oxygen atoms in total. The van der Waals surface area contributed by atoms with Gasteiger partial charge in [0.15, 0.2) is 0 Å². The molecule has 2 saturated heterocycles. The van der Waals surface area contributed by atoms with E-state index in [4.69, 9.17) is 4.42 Å². The van der Waals surface area contributed by atoms with Gasteiger partial charge in [-0.15, -0.1) is 0 Å². The molecule has 25 heavy (non-hydrogen) atoms. The van der Waals surface area contributed by atoms with E-state index in [-0.39, 0.29) is 0 Å². The molecule has 140 valence electrons. The molecule has 1 aromatic rings. The van der Waals surface area contributed by atoms with Crippen LogP contribution >= 0.6 is 0 Å². The molecule has 4 heteroatoms. The van der Waals surface area contributed by atoms with E-state index in [1.54, 1.807) is 0 Å². The number of carbonyl (C=O) groups excluding carboxylic acids is 1. The lowest BCUT2D eigenvalue weighted by Crippen LogP contribution is -2.35. The van der Waals surface area contributed by atoms with Crippen LogP contribution in [-0.2, 0) is 4.79 Å². The molecule has 0 aromatic carbocycles. The van der Waals surface area contributed by atoms with E-state index in [0.29, 0.717) is 11.8 Å². The number of carbonyl (C=O) groups is 1. The Hall–Kier alpha value is -1.29. The fourth-order valence-corrected chi connectivity index (χ4v) is 4.19. The largest absolute Gasteiger partial charge is 0.466 e. The third-order valence-corrected chi connectivity index (χ3v) is 6.06. The number of hydrogen-bond donors (Lipinski definition) is 0. The van der Waals surface area contributed by atoms with Gasteiger partial charge in [-0.3, -0.25) is 4.79 Å². The van der Waals surface area contributed by atoms with Gasteiger partial charge in [-0.25, -0.2) is 0 Å². The summed E-state index contributed by atoms with van der Waals surface area (Å²) in [7, 11) is 0. The fraction of sp³-hybridized carbons (Fsp3) is 0.762. The Labute approximate surface area is 152 Å². The van der Waals surface area contributed by atoms with Crippen molar-refractivity contribution in [3.8, 4) is 0 Å². The standard InChI is InChI=1S/C21H34N2O2/c1-17(20-7-5-18(2)25-20)9-14-22-15-10-19(11-16-22)6-8-21(24)23-12-3-4-13-23/h5,7,17,19H,3-4,6,8-16H2,1-2H3/t17-/m1/s1. The normalized spacial score (nSPS) is 21.0. The lowest BCUT2D eigenvalue weighted by atomic mass is 9.91. The summed E-state index contributed by atoms with van der Waals surface area (Å²) in [6.07, 6.45) is 7.90. The average Bonchev–Trinajstić information content (AvgIpc) is 3.30. The number of rotatable bonds is 7. The zero-order valence-electron chi connectivity index (χ0n) is 16.0. The topological polar surface area (TPSA) is 36.7 Å². The van der Waals surface area contributed by atoms with E-state index >= 15 is 0 Å². The number of likely N-dealkylation sites (tertiary alicyclic amines) is 2. The van der Waals surface area contributed by atoms with Crippen LogP contribution < -0.4 is 0 Å². The highest BCUT2D eigenvalue weighted by molar-refractivity contribution is 5.76. The van der Waals surface area contributed by atoms with E-state index in [1.807, 2.05) is 6.92 Å². The van der Waals surface area contributed by atoms with Gasteiger partial charge in [0.1, 0.15) is 11.5 Å². The average molecular weight is 347 g/mol. The van der Waals surface area contributed by atoms with Crippen molar-refractivity contribution >= 4 is 5.91 Å². The van der Waals surface area contributed by atoms with Gasteiger partial charge in [-0.05, 0) is 83.1 Å². The monoisotopic (exact) mass is 346 g/mol. The maximum atomic E-state index is 12.2. The molecular formula is C21H34N2O2. The minimum absolute atomic E-state index is 0.391. The number of amides is 1. The number of piperidine rings is 1. The molecule has 0 aliphatic carbocycles. The summed E-state index contributed by atoms with van der Waals surface area (Å²) in [5.74, 6) is 3.75. The van der Waals surface area contributed by atoms with Crippen LogP contribution in [0.3, 0.4) is 0 Å². The van der Waals surface area contributed by atoms with Crippen LogP contribution in [0.15, 0.2) is 16.5 Å². The second kappa shape index (κ2) is 8.88. The fourth-order valence-electron chi connectivity index (χ4n) is 4.19. The Morgan fingerprint density at radius 3 is 2.56 bits per heavy atom. The van der Waals surface area contributed by atoms with Crippen LogP contribution in [0.2, 0.25) is 0 Å². The Morgan fingerprint density at radius 1 is 1.20 bits per heavy atom. The second-order valence-electron chi connectivity index (χ2n) is 8.05. The third kappa shape index (κ3) is 5.34. The minimum atomic E-state index is 0.391. The smallest absolute Gasteiger partial charge is 0.222 e. The Kier molecular flexibility index (Phi) is 6.57. The van der Waals surface area contributed by atoms with E-state index in [1.165, 1.54) is 38.8 Å². The predicted octanol–water partition coefficient (Wildman–Crippen LogP) is 4.20. The molecule has 1 atom stereocenters. The summed E-state index contributed by atoms with van der Waals surface area (Å²) < 4.78 is 5.74. The van der Waals surface area contributed by atoms with Crippen molar-refractivity contribution in [1.82, 2.24) is 9.80 Å². The molecule has 2 aliphatic heterocycles. The van der Waals surface area contributed by atoms with Crippen molar-refractivity contribution in [2.45, 2.75) is 64.7 Å². The van der Waals surface area contributed by atoms with Gasteiger partial charge < -0.3 is 14.2 Å². The van der Waals surface area contributed by atoms with Crippen molar-refractivity contribution in [2.75, 3.05) is 32.7 Å². The third-order valence-electron chi connectivity index (χ3n) is 6.06. The van der Waals surface area contributed by atoms with Gasteiger partial charge in [-0.1, -0.05) is 6.92 Å². The summed E-state index contributed by atoms with van der Waals surface area (Å²) in [6.45, 7) is 9.78. The first-order chi connectivity index (χ1) is 12.1. The molecule has 0 saturated carbocycles. The van der Waals surface area contributed by atoms with Crippen molar-refractivity contribution in [2.24, 2.45) is 5.92 Å². The van der Waals surface area contributed by atoms with E-state index in [2.05, 4.69) is 28.9 Å². The van der Waals surface area contributed by atoms with Gasteiger partial charge in [0.2, 0.25) is 5.91 Å². The molecule has 2 fully saturated rings. The van der Waals surface area contributed by atoms with Gasteiger partial charge in [-0.2, -0.15) is 0 Å². The molecule has 2 aliphatic rings. The first-order valence-electron chi connectivity index (χ1n) is 10.2. The van der Waals surface area contributed by atoms with Crippen LogP contribution in [0.5, 0.6) is 0 Å². The summed E-state index contributed by atoms with van der Waals surface area (Å²) in [5, 5.41) is 0. The van der Waals surface area contributed by atoms with Gasteiger partial charge in [0, 0.05) is 25.4 Å². The second-order valence-corrected chi connectivity index (χ2v) is 8.05. The van der Waals surface area contributed by atoms with E-state index in [9.17, 15) is 4.79 Å². The number of nitrogens with zero attached hydrogens (tertiary/aromatic N) is 2. The molecule has 0 bridgehead atoms. The molecular weight excluding hydrogens is 312 g/mol. The van der Waals surface area contributed by atoms with Crippen LogP contribution in [0, 0.1) is 12.8 Å². The quantitative estimate of drug-likeness (QED) is 0.742. The Bertz CT molecular complexity index is 540. The van der Waals surface area contributed by atoms with Crippen molar-refractivity contribution < 1.29 is 9.21 Å². The van der Waals surface area contributed by atoms with Gasteiger partial charge in [0.05, 0.1) is 0 Å². The predicted molar refractivity (Wildman–Crippen MR) is 101 cm³/mol. The maximum Gasteiger partial charge on any atom is 0.222 e. The van der Waals surface area contributed by atoms with Crippen molar-refractivity contribution in [3.05, 3.63) is 23.7 Å². The number of aryl methyl sites for hydroxylation is 1. The number of hydrogen-bond acceptors (Lipinski definition) is 3. The lowest BCUT2D eigenvalue weighted by Gasteiger charge is -2.32. The molecule has 3 rings (SSSR count). The van der Waals surface area contributed by atoms with Crippen molar-refractivity contribution in [3.63, 3.8) is 0 Å². The highest BCUT2D eigenvalue weighted by Gasteiger charge is 2.23. The zero-order valence-corrected chi connectivity index (χ0v) is 16.0. The lowest BCUT2D eigenvalue weighted by molar-refractivity contribution is -0.130. The van der Waals surface area contributed by atoms with Crippen molar-refractivity contribution in [1.29, 1.82) is 0 Å². The molecule has 0 radical (unpaired) electrons. The summed E-state index contributed by atoms with van der Waals surface area (Å²) >= 11 is 0. The van der Waals surface area contributed by atoms with Crippen LogP contribution in [0.4, 0.5) is 0 Å². The summed E-state index contributed by atoms with van der Waals surface area (Å²) in [6, 6.07) is 4.17. The first kappa shape index (κ1) is 18.5. The molecule has 3 heterocycles. The Balaban J connectivity index is 1.31. The number of furan rings is 1. The van der Waals surface area contributed by atoms with Crippen LogP contribution in [-0.4, -0.2) is 48.4 Å². The molecule has 0 unspecified atom stereocenters. The van der Waals surface area contributed by atoms with Crippen LogP contribution in [0.25, 0.3) is 0 Å². The first-order valence-corrected chi connectivity index (χ1v) is 10.2. The minimum Gasteiger partial charge on any atom is -0.466 e. The Morgan fingerprint density at radius 2 is 1.92 bits per heavy atom. The molecule has 0 N–H and O–H groups in total. The summed E-state index contributed by atoms with van der Waals surface area (Å²) in [4.78, 5) is 16.8. The van der Waals surface area contributed by atoms with E-state index < -0.39 is 0 Å². The van der Waals surface area contributed by atoms with Crippen LogP contribution in [0.1, 0.15) is 69.3 Å². The highest BCUT2D eigenvalue weighted by Crippen LogP contribution is 2.25. The molecule has 0 spiro atoms. The van der Waals surface area contributed by atoms with Gasteiger partial charge >= 0.3 is 0 Å². The summed E-state index contributed by atoms with van der Waals surface area (Å²) in [5.41, 5.74) is 0. The zero-order chi connectivity index (χ0) is 17.6. The SMILES string of the molecule is Cc1ccc([C@H](C)CCN2CCC(CCC(=O)N3CCCC3)CC2)o1. The maximum absolute atomic E-state index is 12.2. The highest BCUT2D eigenvalue weighted by atomic mass is 16.3. The van der Waals surface area contributed by atoms with Gasteiger partial charge in [0.25, 0.3) is 0 Å². The molecule has 1 amide bonds.